The number of benzene rings is 1. The lowest BCUT2D eigenvalue weighted by Gasteiger charge is -2.33. The van der Waals surface area contributed by atoms with Crippen molar-refractivity contribution in [1.82, 2.24) is 9.88 Å². The van der Waals surface area contributed by atoms with Crippen LogP contribution in [0.25, 0.3) is 11.3 Å². The SMILES string of the molecule is CCC(C)(C(=O)Cc1nc(-c2ccccc2)cs1)N(C)C. The van der Waals surface area contributed by atoms with Crippen LogP contribution in [-0.2, 0) is 11.2 Å². The second-order valence-electron chi connectivity index (χ2n) is 5.61. The molecule has 0 aliphatic carbocycles. The van der Waals surface area contributed by atoms with Gasteiger partial charge in [-0.05, 0) is 27.4 Å². The Morgan fingerprint density at radius 3 is 2.52 bits per heavy atom. The number of carbonyl (C=O) groups excluding carboxylic acids is 1. The van der Waals surface area contributed by atoms with Gasteiger partial charge in [0.2, 0.25) is 0 Å². The summed E-state index contributed by atoms with van der Waals surface area (Å²) in [5, 5.41) is 2.91. The number of Topliss-reactive ketones (excluding diaryl/α,β-unsaturated/α-hetero) is 1. The number of aromatic nitrogens is 1. The average Bonchev–Trinajstić information content (AvgIpc) is 2.95. The van der Waals surface area contributed by atoms with Crippen LogP contribution in [0.2, 0.25) is 0 Å². The Hall–Kier alpha value is -1.52. The molecule has 0 saturated carbocycles. The van der Waals surface area contributed by atoms with E-state index in [2.05, 4.69) is 11.9 Å². The van der Waals surface area contributed by atoms with Crippen molar-refractivity contribution in [2.24, 2.45) is 0 Å². The molecule has 4 heteroatoms. The van der Waals surface area contributed by atoms with Crippen molar-refractivity contribution in [1.29, 1.82) is 0 Å². The molecule has 0 bridgehead atoms. The maximum atomic E-state index is 12.6. The van der Waals surface area contributed by atoms with Crippen LogP contribution >= 0.6 is 11.3 Å². The molecule has 1 unspecified atom stereocenters. The summed E-state index contributed by atoms with van der Waals surface area (Å²) < 4.78 is 0. The summed E-state index contributed by atoms with van der Waals surface area (Å²) in [6.45, 7) is 4.05. The second-order valence-corrected chi connectivity index (χ2v) is 6.56. The first-order valence-corrected chi connectivity index (χ1v) is 8.06. The van der Waals surface area contributed by atoms with Gasteiger partial charge in [0.15, 0.2) is 5.78 Å². The monoisotopic (exact) mass is 302 g/mol. The molecule has 112 valence electrons. The number of rotatable bonds is 6. The highest BCUT2D eigenvalue weighted by Gasteiger charge is 2.33. The predicted octanol–water partition coefficient (Wildman–Crippen LogP) is 3.65. The zero-order valence-electron chi connectivity index (χ0n) is 13.1. The minimum atomic E-state index is -0.418. The third-order valence-electron chi connectivity index (χ3n) is 4.21. The number of carbonyl (C=O) groups is 1. The van der Waals surface area contributed by atoms with Crippen LogP contribution in [0.15, 0.2) is 35.7 Å². The first-order chi connectivity index (χ1) is 9.97. The van der Waals surface area contributed by atoms with Crippen molar-refractivity contribution in [3.05, 3.63) is 40.7 Å². The van der Waals surface area contributed by atoms with Gasteiger partial charge in [-0.3, -0.25) is 9.69 Å². The number of likely N-dealkylation sites (N-methyl/N-ethyl adjacent to an activating group) is 1. The maximum Gasteiger partial charge on any atom is 0.159 e. The Balaban J connectivity index is 2.15. The molecule has 1 heterocycles. The molecule has 0 aliphatic heterocycles. The quantitative estimate of drug-likeness (QED) is 0.816. The van der Waals surface area contributed by atoms with Gasteiger partial charge < -0.3 is 0 Å². The normalized spacial score (nSPS) is 14.1. The molecule has 0 N–H and O–H groups in total. The van der Waals surface area contributed by atoms with Gasteiger partial charge in [-0.25, -0.2) is 4.98 Å². The lowest BCUT2D eigenvalue weighted by Crippen LogP contribution is -2.48. The molecule has 0 saturated heterocycles. The van der Waals surface area contributed by atoms with Crippen LogP contribution in [0.5, 0.6) is 0 Å². The Bertz CT molecular complexity index is 606. The molecule has 1 aromatic carbocycles. The molecule has 0 radical (unpaired) electrons. The highest BCUT2D eigenvalue weighted by atomic mass is 32.1. The molecule has 1 atom stereocenters. The zero-order chi connectivity index (χ0) is 15.5. The minimum absolute atomic E-state index is 0.226. The van der Waals surface area contributed by atoms with Crippen molar-refractivity contribution in [2.45, 2.75) is 32.2 Å². The van der Waals surface area contributed by atoms with Gasteiger partial charge in [0, 0.05) is 10.9 Å². The van der Waals surface area contributed by atoms with Crippen LogP contribution in [0, 0.1) is 0 Å². The van der Waals surface area contributed by atoms with Gasteiger partial charge in [0.1, 0.15) is 5.01 Å². The van der Waals surface area contributed by atoms with E-state index in [-0.39, 0.29) is 5.78 Å². The van der Waals surface area contributed by atoms with E-state index in [1.807, 2.05) is 61.6 Å². The first-order valence-electron chi connectivity index (χ1n) is 7.18. The van der Waals surface area contributed by atoms with Crippen LogP contribution in [0.3, 0.4) is 0 Å². The van der Waals surface area contributed by atoms with Crippen molar-refractivity contribution in [3.8, 4) is 11.3 Å². The van der Waals surface area contributed by atoms with Gasteiger partial charge >= 0.3 is 0 Å². The van der Waals surface area contributed by atoms with Crippen LogP contribution in [0.4, 0.5) is 0 Å². The molecular weight excluding hydrogens is 280 g/mol. The fourth-order valence-corrected chi connectivity index (χ4v) is 3.03. The van der Waals surface area contributed by atoms with Crippen molar-refractivity contribution < 1.29 is 4.79 Å². The van der Waals surface area contributed by atoms with E-state index < -0.39 is 5.54 Å². The number of hydrogen-bond donors (Lipinski definition) is 0. The van der Waals surface area contributed by atoms with Gasteiger partial charge in [-0.1, -0.05) is 37.3 Å². The van der Waals surface area contributed by atoms with E-state index >= 15 is 0 Å². The largest absolute Gasteiger partial charge is 0.297 e. The van der Waals surface area contributed by atoms with Gasteiger partial charge in [-0.15, -0.1) is 11.3 Å². The standard InChI is InChI=1S/C17H22N2OS/c1-5-17(2,19(3)4)15(20)11-16-18-14(12-21-16)13-9-7-6-8-10-13/h6-10,12H,5,11H2,1-4H3. The zero-order valence-corrected chi connectivity index (χ0v) is 13.9. The number of ketones is 1. The summed E-state index contributed by atoms with van der Waals surface area (Å²) in [6, 6.07) is 10.1. The highest BCUT2D eigenvalue weighted by molar-refractivity contribution is 7.10. The van der Waals surface area contributed by atoms with E-state index in [0.29, 0.717) is 6.42 Å². The van der Waals surface area contributed by atoms with E-state index in [4.69, 9.17) is 0 Å². The molecule has 1 aromatic heterocycles. The molecule has 0 fully saturated rings. The predicted molar refractivity (Wildman–Crippen MR) is 88.6 cm³/mol. The molecule has 0 spiro atoms. The molecule has 2 aromatic rings. The molecule has 21 heavy (non-hydrogen) atoms. The van der Waals surface area contributed by atoms with E-state index in [1.54, 1.807) is 11.3 Å². The maximum absolute atomic E-state index is 12.6. The summed E-state index contributed by atoms with van der Waals surface area (Å²) in [7, 11) is 3.91. The molecule has 2 rings (SSSR count). The first kappa shape index (κ1) is 15.9. The van der Waals surface area contributed by atoms with Crippen LogP contribution in [-0.4, -0.2) is 35.3 Å². The Morgan fingerprint density at radius 1 is 1.29 bits per heavy atom. The Kier molecular flexibility index (Phi) is 4.91. The van der Waals surface area contributed by atoms with Gasteiger partial charge in [0.25, 0.3) is 0 Å². The number of hydrogen-bond acceptors (Lipinski definition) is 4. The van der Waals surface area contributed by atoms with Crippen molar-refractivity contribution in [3.63, 3.8) is 0 Å². The molecule has 0 amide bonds. The summed E-state index contributed by atoms with van der Waals surface area (Å²) >= 11 is 1.56. The summed E-state index contributed by atoms with van der Waals surface area (Å²) in [5.74, 6) is 0.226. The smallest absolute Gasteiger partial charge is 0.159 e. The average molecular weight is 302 g/mol. The Labute approximate surface area is 130 Å². The number of nitrogens with zero attached hydrogens (tertiary/aromatic N) is 2. The highest BCUT2D eigenvalue weighted by Crippen LogP contribution is 2.25. The van der Waals surface area contributed by atoms with Crippen molar-refractivity contribution in [2.75, 3.05) is 14.1 Å². The third kappa shape index (κ3) is 3.39. The summed E-state index contributed by atoms with van der Waals surface area (Å²) in [5.41, 5.74) is 1.63. The minimum Gasteiger partial charge on any atom is -0.297 e. The molecule has 0 aliphatic rings. The number of thiazole rings is 1. The van der Waals surface area contributed by atoms with Crippen LogP contribution < -0.4 is 0 Å². The lowest BCUT2D eigenvalue weighted by atomic mass is 9.90. The Morgan fingerprint density at radius 2 is 1.95 bits per heavy atom. The fourth-order valence-electron chi connectivity index (χ4n) is 2.22. The van der Waals surface area contributed by atoms with Gasteiger partial charge in [-0.2, -0.15) is 0 Å². The van der Waals surface area contributed by atoms with E-state index in [9.17, 15) is 4.79 Å². The summed E-state index contributed by atoms with van der Waals surface area (Å²) in [4.78, 5) is 19.2. The van der Waals surface area contributed by atoms with Crippen LogP contribution in [0.1, 0.15) is 25.3 Å². The topological polar surface area (TPSA) is 33.2 Å². The van der Waals surface area contributed by atoms with E-state index in [0.717, 1.165) is 22.7 Å². The van der Waals surface area contributed by atoms with Gasteiger partial charge in [0.05, 0.1) is 17.7 Å². The summed E-state index contributed by atoms with van der Waals surface area (Å²) in [6.07, 6.45) is 1.20. The second kappa shape index (κ2) is 6.50. The fraction of sp³-hybridized carbons (Fsp3) is 0.412. The lowest BCUT2D eigenvalue weighted by molar-refractivity contribution is -0.128. The third-order valence-corrected chi connectivity index (χ3v) is 5.06. The molecule has 3 nitrogen and oxygen atoms in total. The van der Waals surface area contributed by atoms with E-state index in [1.165, 1.54) is 0 Å². The van der Waals surface area contributed by atoms with Crippen molar-refractivity contribution >= 4 is 17.1 Å². The molecular formula is C17H22N2OS.